The summed E-state index contributed by atoms with van der Waals surface area (Å²) >= 11 is 0. The number of hydrogen-bond donors (Lipinski definition) is 2. The highest BCUT2D eigenvalue weighted by atomic mass is 16.2. The van der Waals surface area contributed by atoms with Crippen LogP contribution in [0.4, 0.5) is 11.4 Å². The Morgan fingerprint density at radius 3 is 2.45 bits per heavy atom. The summed E-state index contributed by atoms with van der Waals surface area (Å²) in [6, 6.07) is 13.5. The molecule has 0 aliphatic carbocycles. The molecule has 0 saturated carbocycles. The second kappa shape index (κ2) is 13.1. The van der Waals surface area contributed by atoms with E-state index in [-0.39, 0.29) is 11.8 Å². The fraction of sp³-hybridized carbons (Fsp3) is 0.367. The van der Waals surface area contributed by atoms with Crippen LogP contribution in [0.3, 0.4) is 0 Å². The fourth-order valence-corrected chi connectivity index (χ4v) is 4.52. The monoisotopic (exact) mass is 514 g/mol. The SMILES string of the molecule is CN(C)c1ccc(/C=C/c2ccc(C(=O)Nc3cc(C(=O)NCCCCN4CCCC4)n(C)c3)cn2)cc1. The van der Waals surface area contributed by atoms with Gasteiger partial charge in [0.25, 0.3) is 11.8 Å². The number of nitrogens with zero attached hydrogens (tertiary/aromatic N) is 4. The van der Waals surface area contributed by atoms with Crippen LogP contribution >= 0.6 is 0 Å². The number of rotatable bonds is 11. The Labute approximate surface area is 225 Å². The summed E-state index contributed by atoms with van der Waals surface area (Å²) in [5.74, 6) is -0.407. The van der Waals surface area contributed by atoms with E-state index in [4.69, 9.17) is 0 Å². The average molecular weight is 515 g/mol. The Kier molecular flexibility index (Phi) is 9.32. The van der Waals surface area contributed by atoms with E-state index < -0.39 is 0 Å². The first-order chi connectivity index (χ1) is 18.4. The molecule has 0 atom stereocenters. The van der Waals surface area contributed by atoms with Crippen LogP contribution in [-0.2, 0) is 7.05 Å². The lowest BCUT2D eigenvalue weighted by molar-refractivity contribution is 0.0943. The van der Waals surface area contributed by atoms with E-state index >= 15 is 0 Å². The minimum Gasteiger partial charge on any atom is -0.378 e. The van der Waals surface area contributed by atoms with Crippen LogP contribution in [0.15, 0.2) is 54.9 Å². The summed E-state index contributed by atoms with van der Waals surface area (Å²) in [6.45, 7) is 4.16. The molecule has 1 saturated heterocycles. The van der Waals surface area contributed by atoms with Crippen LogP contribution in [0.5, 0.6) is 0 Å². The standard InChI is InChI=1S/C30H38N6O2/c1-34(2)27-14-9-23(10-15-27)8-12-25-13-11-24(21-32-25)29(37)33-26-20-28(35(3)22-26)30(38)31-16-4-5-17-36-18-6-7-19-36/h8-15,20-22H,4-7,16-19H2,1-3H3,(H,31,38)(H,33,37)/b12-8+. The van der Waals surface area contributed by atoms with Gasteiger partial charge in [-0.2, -0.15) is 0 Å². The zero-order chi connectivity index (χ0) is 26.9. The molecule has 1 aromatic carbocycles. The lowest BCUT2D eigenvalue weighted by atomic mass is 10.1. The van der Waals surface area contributed by atoms with Crippen molar-refractivity contribution in [3.05, 3.63) is 77.4 Å². The molecular formula is C30H38N6O2. The van der Waals surface area contributed by atoms with Crippen molar-refractivity contribution in [2.45, 2.75) is 25.7 Å². The van der Waals surface area contributed by atoms with Crippen molar-refractivity contribution in [1.82, 2.24) is 19.8 Å². The molecule has 0 unspecified atom stereocenters. The van der Waals surface area contributed by atoms with Gasteiger partial charge in [-0.1, -0.05) is 18.2 Å². The zero-order valence-corrected chi connectivity index (χ0v) is 22.6. The van der Waals surface area contributed by atoms with Gasteiger partial charge in [0.05, 0.1) is 16.9 Å². The molecule has 0 bridgehead atoms. The van der Waals surface area contributed by atoms with E-state index in [0.717, 1.165) is 36.3 Å². The van der Waals surface area contributed by atoms with Crippen molar-refractivity contribution in [1.29, 1.82) is 0 Å². The topological polar surface area (TPSA) is 82.5 Å². The van der Waals surface area contributed by atoms with Crippen molar-refractivity contribution < 1.29 is 9.59 Å². The molecule has 1 aliphatic heterocycles. The molecule has 38 heavy (non-hydrogen) atoms. The summed E-state index contributed by atoms with van der Waals surface area (Å²) < 4.78 is 1.73. The normalized spacial score (nSPS) is 13.7. The highest BCUT2D eigenvalue weighted by Gasteiger charge is 2.14. The van der Waals surface area contributed by atoms with E-state index in [1.807, 2.05) is 32.3 Å². The first-order valence-corrected chi connectivity index (χ1v) is 13.3. The third-order valence-corrected chi connectivity index (χ3v) is 6.79. The van der Waals surface area contributed by atoms with Crippen LogP contribution in [0.2, 0.25) is 0 Å². The molecule has 0 radical (unpaired) electrons. The number of unbranched alkanes of at least 4 members (excludes halogenated alkanes) is 1. The Bertz CT molecular complexity index is 1240. The second-order valence-corrected chi connectivity index (χ2v) is 9.98. The Balaban J connectivity index is 1.25. The van der Waals surface area contributed by atoms with E-state index in [1.54, 1.807) is 36.1 Å². The number of carbonyl (C=O) groups is 2. The first kappa shape index (κ1) is 27.1. The third-order valence-electron chi connectivity index (χ3n) is 6.79. The van der Waals surface area contributed by atoms with Crippen molar-refractivity contribution in [3.63, 3.8) is 0 Å². The number of aryl methyl sites for hydroxylation is 1. The Morgan fingerprint density at radius 1 is 1.00 bits per heavy atom. The van der Waals surface area contributed by atoms with Crippen molar-refractivity contribution in [3.8, 4) is 0 Å². The maximum Gasteiger partial charge on any atom is 0.267 e. The molecule has 3 heterocycles. The van der Waals surface area contributed by atoms with Gasteiger partial charge in [0, 0.05) is 45.8 Å². The fourth-order valence-electron chi connectivity index (χ4n) is 4.52. The number of likely N-dealkylation sites (tertiary alicyclic amines) is 1. The molecule has 2 aromatic heterocycles. The number of anilines is 2. The Morgan fingerprint density at radius 2 is 1.76 bits per heavy atom. The van der Waals surface area contributed by atoms with E-state index in [0.29, 0.717) is 23.5 Å². The van der Waals surface area contributed by atoms with Gasteiger partial charge in [-0.3, -0.25) is 14.6 Å². The summed E-state index contributed by atoms with van der Waals surface area (Å²) in [5.41, 5.74) is 4.51. The molecule has 3 aromatic rings. The van der Waals surface area contributed by atoms with Gasteiger partial charge >= 0.3 is 0 Å². The number of nitrogens with one attached hydrogen (secondary N) is 2. The molecule has 1 fully saturated rings. The molecular weight excluding hydrogens is 476 g/mol. The number of aromatic nitrogens is 2. The van der Waals surface area contributed by atoms with Gasteiger partial charge in [-0.15, -0.1) is 0 Å². The van der Waals surface area contributed by atoms with Gasteiger partial charge in [-0.25, -0.2) is 0 Å². The maximum atomic E-state index is 12.7. The lowest BCUT2D eigenvalue weighted by Gasteiger charge is -2.14. The van der Waals surface area contributed by atoms with Crippen molar-refractivity contribution in [2.24, 2.45) is 7.05 Å². The van der Waals surface area contributed by atoms with E-state index in [1.165, 1.54) is 25.9 Å². The number of pyridine rings is 1. The quantitative estimate of drug-likeness (QED) is 0.368. The molecule has 4 rings (SSSR count). The van der Waals surface area contributed by atoms with Gasteiger partial charge in [0.15, 0.2) is 0 Å². The van der Waals surface area contributed by atoms with Gasteiger partial charge in [-0.05, 0) is 87.3 Å². The van der Waals surface area contributed by atoms with Crippen LogP contribution in [-0.4, -0.2) is 66.5 Å². The number of hydrogen-bond acceptors (Lipinski definition) is 5. The number of carbonyl (C=O) groups excluding carboxylic acids is 2. The number of amides is 2. The molecule has 2 N–H and O–H groups in total. The van der Waals surface area contributed by atoms with Crippen molar-refractivity contribution >= 4 is 35.3 Å². The Hall–Kier alpha value is -3.91. The predicted octanol–water partition coefficient (Wildman–Crippen LogP) is 4.51. The minimum absolute atomic E-state index is 0.136. The van der Waals surface area contributed by atoms with Crippen LogP contribution in [0, 0.1) is 0 Å². The first-order valence-electron chi connectivity index (χ1n) is 13.3. The van der Waals surface area contributed by atoms with E-state index in [9.17, 15) is 9.59 Å². The molecule has 8 nitrogen and oxygen atoms in total. The maximum absolute atomic E-state index is 12.7. The summed E-state index contributed by atoms with van der Waals surface area (Å²) in [6.07, 6.45) is 11.9. The molecule has 2 amide bonds. The predicted molar refractivity (Wildman–Crippen MR) is 155 cm³/mol. The van der Waals surface area contributed by atoms with Gasteiger partial charge in [0.1, 0.15) is 5.69 Å². The third kappa shape index (κ3) is 7.55. The van der Waals surface area contributed by atoms with Gasteiger partial charge in [0.2, 0.25) is 0 Å². The number of benzene rings is 1. The highest BCUT2D eigenvalue weighted by molar-refractivity contribution is 6.05. The van der Waals surface area contributed by atoms with Crippen LogP contribution in [0.1, 0.15) is 57.8 Å². The molecule has 200 valence electrons. The lowest BCUT2D eigenvalue weighted by Crippen LogP contribution is -2.27. The zero-order valence-electron chi connectivity index (χ0n) is 22.6. The smallest absolute Gasteiger partial charge is 0.267 e. The second-order valence-electron chi connectivity index (χ2n) is 9.98. The van der Waals surface area contributed by atoms with Crippen molar-refractivity contribution in [2.75, 3.05) is 50.5 Å². The summed E-state index contributed by atoms with van der Waals surface area (Å²) in [4.78, 5) is 34.3. The summed E-state index contributed by atoms with van der Waals surface area (Å²) in [5, 5.41) is 5.86. The van der Waals surface area contributed by atoms with Gasteiger partial charge < -0.3 is 25.0 Å². The van der Waals surface area contributed by atoms with Crippen LogP contribution in [0.25, 0.3) is 12.2 Å². The largest absolute Gasteiger partial charge is 0.378 e. The summed E-state index contributed by atoms with van der Waals surface area (Å²) in [7, 11) is 5.83. The van der Waals surface area contributed by atoms with E-state index in [2.05, 4.69) is 49.7 Å². The molecule has 0 spiro atoms. The highest BCUT2D eigenvalue weighted by Crippen LogP contribution is 2.16. The minimum atomic E-state index is -0.272. The molecule has 1 aliphatic rings. The average Bonchev–Trinajstić information content (AvgIpc) is 3.57. The van der Waals surface area contributed by atoms with Crippen LogP contribution < -0.4 is 15.5 Å². The molecule has 8 heteroatoms.